The molecule has 62 heavy (non-hydrogen) atoms. The zero-order valence-corrected chi connectivity index (χ0v) is 36.0. The van der Waals surface area contributed by atoms with Crippen molar-refractivity contribution in [3.63, 3.8) is 0 Å². The van der Waals surface area contributed by atoms with E-state index in [9.17, 15) is 29.9 Å². The van der Waals surface area contributed by atoms with E-state index in [0.29, 0.717) is 68.2 Å². The molecular formula is C47H62N4O11. The lowest BCUT2D eigenvalue weighted by Gasteiger charge is -2.60. The number of nitrogens with one attached hydrogen (secondary N) is 1. The quantitative estimate of drug-likeness (QED) is 0.0365. The van der Waals surface area contributed by atoms with E-state index in [1.165, 1.54) is 18.2 Å². The van der Waals surface area contributed by atoms with Gasteiger partial charge in [0.05, 0.1) is 29.8 Å². The van der Waals surface area contributed by atoms with Crippen LogP contribution in [0.2, 0.25) is 0 Å². The maximum Gasteiger partial charge on any atom is 0.412 e. The first-order valence-corrected chi connectivity index (χ1v) is 22.2. The minimum Gasteiger partial charge on any atom is -0.459 e. The standard InChI is InChI=1S/C47H62N4O11/c1-4-24-50(42(54)23-18-32-16-19-34(20-17-32)51(56)57)41-31-39(49-62-43-15-9-12-28-58-43)37-29-33(13-7-10-25-52)36(14-8-11-26-53)44-38-30-35(60-46(55)48-6-3)21-22-40(38)61-47(41,45(37)44)59-27-5-2/h5,16-23,29-30,33,36,41,43-45,52-53H,2,4,6-15,24-28,31H2,1,3H3,(H,48,55). The first-order valence-electron chi connectivity index (χ1n) is 22.2. The van der Waals surface area contributed by atoms with Crippen molar-refractivity contribution in [2.75, 3.05) is 39.5 Å². The molecule has 1 saturated carbocycles. The van der Waals surface area contributed by atoms with Crippen molar-refractivity contribution < 1.29 is 48.5 Å². The van der Waals surface area contributed by atoms with Crippen molar-refractivity contribution in [2.24, 2.45) is 22.9 Å². The van der Waals surface area contributed by atoms with Gasteiger partial charge in [-0.15, -0.1) is 6.58 Å². The van der Waals surface area contributed by atoms with Crippen molar-refractivity contribution in [3.05, 3.63) is 94.1 Å². The second kappa shape index (κ2) is 22.3. The van der Waals surface area contributed by atoms with Crippen LogP contribution in [0.15, 0.2) is 78.0 Å². The zero-order valence-electron chi connectivity index (χ0n) is 36.0. The molecule has 0 radical (unpaired) electrons. The van der Waals surface area contributed by atoms with E-state index in [2.05, 4.69) is 18.0 Å². The number of hydrogen-bond acceptors (Lipinski definition) is 12. The van der Waals surface area contributed by atoms with Crippen LogP contribution in [0.1, 0.15) is 102 Å². The summed E-state index contributed by atoms with van der Waals surface area (Å²) in [6, 6.07) is 10.6. The number of allylic oxidation sites excluding steroid dienone is 1. The van der Waals surface area contributed by atoms with E-state index in [1.807, 2.05) is 19.9 Å². The summed E-state index contributed by atoms with van der Waals surface area (Å²) in [5.74, 6) is -1.79. The minimum atomic E-state index is -1.47. The molecule has 3 N–H and O–H groups in total. The molecule has 2 aromatic rings. The van der Waals surface area contributed by atoms with E-state index in [4.69, 9.17) is 28.9 Å². The number of ether oxygens (including phenoxy) is 4. The fourth-order valence-corrected chi connectivity index (χ4v) is 9.55. The highest BCUT2D eigenvalue weighted by molar-refractivity contribution is 6.03. The third kappa shape index (κ3) is 10.7. The number of benzene rings is 2. The summed E-state index contributed by atoms with van der Waals surface area (Å²) in [4.78, 5) is 46.3. The van der Waals surface area contributed by atoms with Crippen LogP contribution in [-0.4, -0.2) is 95.4 Å². The fourth-order valence-electron chi connectivity index (χ4n) is 9.55. The Kier molecular flexibility index (Phi) is 16.7. The Balaban J connectivity index is 1.55. The van der Waals surface area contributed by atoms with Crippen LogP contribution >= 0.6 is 0 Å². The highest BCUT2D eigenvalue weighted by Gasteiger charge is 2.65. The van der Waals surface area contributed by atoms with Crippen LogP contribution in [0.3, 0.4) is 0 Å². The summed E-state index contributed by atoms with van der Waals surface area (Å²) >= 11 is 0. The lowest BCUT2D eigenvalue weighted by Crippen LogP contribution is -2.70. The molecule has 4 aliphatic rings. The van der Waals surface area contributed by atoms with Gasteiger partial charge in [-0.05, 0) is 111 Å². The number of aliphatic hydroxyl groups is 2. The molecule has 15 nitrogen and oxygen atoms in total. The monoisotopic (exact) mass is 858 g/mol. The Hall–Kier alpha value is -5.09. The van der Waals surface area contributed by atoms with Crippen LogP contribution < -0.4 is 14.8 Å². The summed E-state index contributed by atoms with van der Waals surface area (Å²) in [5, 5.41) is 38.7. The van der Waals surface area contributed by atoms with E-state index >= 15 is 0 Å². The van der Waals surface area contributed by atoms with Crippen LogP contribution in [0, 0.1) is 27.9 Å². The molecule has 0 bridgehead atoms. The topological polar surface area (TPSA) is 192 Å². The number of hydrogen-bond donors (Lipinski definition) is 3. The molecule has 7 unspecified atom stereocenters. The third-order valence-electron chi connectivity index (χ3n) is 12.2. The van der Waals surface area contributed by atoms with Crippen molar-refractivity contribution >= 4 is 29.5 Å². The molecule has 7 atom stereocenters. The molecule has 2 amide bonds. The number of nitro benzene ring substituents is 1. The summed E-state index contributed by atoms with van der Waals surface area (Å²) in [6.45, 7) is 9.33. The first kappa shape index (κ1) is 46.4. The largest absolute Gasteiger partial charge is 0.459 e. The molecule has 2 aliphatic heterocycles. The average Bonchev–Trinajstić information content (AvgIpc) is 3.28. The van der Waals surface area contributed by atoms with Crippen molar-refractivity contribution in [2.45, 2.75) is 109 Å². The highest BCUT2D eigenvalue weighted by atomic mass is 16.8. The average molecular weight is 859 g/mol. The number of fused-ring (bicyclic) bond motifs is 2. The number of nitro groups is 1. The number of non-ortho nitro benzene ring substituents is 1. The molecule has 2 aliphatic carbocycles. The number of carbonyl (C=O) groups is 2. The molecule has 2 fully saturated rings. The number of rotatable bonds is 21. The molecular weight excluding hydrogens is 797 g/mol. The molecule has 0 spiro atoms. The SMILES string of the molecule is C=CCOC12Oc3ccc(OC(=O)NCC)cc3C3C(CCCCO)C(CCCCO)C=C(C(=NOC4CCCCO4)CC1N(CCC)C(=O)C=Cc1ccc([N+](=O)[O-])cc1)C32. The zero-order chi connectivity index (χ0) is 44.1. The van der Waals surface area contributed by atoms with E-state index in [1.54, 1.807) is 41.3 Å². The van der Waals surface area contributed by atoms with Gasteiger partial charge in [0.25, 0.3) is 5.69 Å². The summed E-state index contributed by atoms with van der Waals surface area (Å²) in [6.07, 6.45) is 13.6. The number of aliphatic hydroxyl groups excluding tert-OH is 2. The summed E-state index contributed by atoms with van der Waals surface area (Å²) in [5.41, 5.74) is 2.92. The van der Waals surface area contributed by atoms with E-state index < -0.39 is 35.1 Å². The first-order chi connectivity index (χ1) is 30.2. The maximum absolute atomic E-state index is 14.7. The van der Waals surface area contributed by atoms with Gasteiger partial charge in [-0.25, -0.2) is 4.79 Å². The fraction of sp³-hybridized carbons (Fsp3) is 0.553. The lowest BCUT2D eigenvalue weighted by atomic mass is 9.55. The van der Waals surface area contributed by atoms with Gasteiger partial charge in [0.2, 0.25) is 18.0 Å². The molecule has 15 heteroatoms. The van der Waals surface area contributed by atoms with Gasteiger partial charge in [0.15, 0.2) is 0 Å². The van der Waals surface area contributed by atoms with Crippen molar-refractivity contribution in [1.29, 1.82) is 0 Å². The predicted octanol–water partition coefficient (Wildman–Crippen LogP) is 7.82. The Morgan fingerprint density at radius 1 is 1.08 bits per heavy atom. The van der Waals surface area contributed by atoms with Gasteiger partial charge in [0.1, 0.15) is 17.5 Å². The normalized spacial score (nSPS) is 25.8. The van der Waals surface area contributed by atoms with Crippen LogP contribution in [-0.2, 0) is 19.1 Å². The molecule has 0 aromatic heterocycles. The summed E-state index contributed by atoms with van der Waals surface area (Å²) < 4.78 is 26.0. The predicted molar refractivity (Wildman–Crippen MR) is 233 cm³/mol. The van der Waals surface area contributed by atoms with Gasteiger partial charge in [-0.1, -0.05) is 37.1 Å². The second-order valence-electron chi connectivity index (χ2n) is 16.3. The van der Waals surface area contributed by atoms with Crippen LogP contribution in [0.5, 0.6) is 11.5 Å². The number of nitrogens with zero attached hydrogens (tertiary/aromatic N) is 3. The minimum absolute atomic E-state index is 0.0122. The summed E-state index contributed by atoms with van der Waals surface area (Å²) in [7, 11) is 0. The third-order valence-corrected chi connectivity index (χ3v) is 12.2. The van der Waals surface area contributed by atoms with Gasteiger partial charge in [0, 0.05) is 68.8 Å². The van der Waals surface area contributed by atoms with Gasteiger partial charge in [-0.3, -0.25) is 14.9 Å². The smallest absolute Gasteiger partial charge is 0.412 e. The van der Waals surface area contributed by atoms with E-state index in [-0.39, 0.29) is 55.6 Å². The van der Waals surface area contributed by atoms with Crippen LogP contribution in [0.4, 0.5) is 10.5 Å². The lowest BCUT2D eigenvalue weighted by molar-refractivity contribution is -0.384. The van der Waals surface area contributed by atoms with Crippen LogP contribution in [0.25, 0.3) is 6.08 Å². The number of unbranched alkanes of at least 4 members (excludes halogenated alkanes) is 2. The molecule has 1 saturated heterocycles. The van der Waals surface area contributed by atoms with E-state index in [0.717, 1.165) is 49.7 Å². The Morgan fingerprint density at radius 2 is 1.85 bits per heavy atom. The Bertz CT molecular complexity index is 1950. The van der Waals surface area contributed by atoms with Gasteiger partial charge < -0.3 is 44.2 Å². The second-order valence-corrected chi connectivity index (χ2v) is 16.3. The number of amides is 2. The highest BCUT2D eigenvalue weighted by Crippen LogP contribution is 2.62. The Labute approximate surface area is 363 Å². The molecule has 6 rings (SSSR count). The number of carbonyl (C=O) groups excluding carboxylic acids is 2. The molecule has 2 heterocycles. The van der Waals surface area contributed by atoms with Gasteiger partial charge in [-0.2, -0.15) is 0 Å². The molecule has 2 aromatic carbocycles. The maximum atomic E-state index is 14.7. The van der Waals surface area contributed by atoms with Crippen molar-refractivity contribution in [1.82, 2.24) is 10.2 Å². The van der Waals surface area contributed by atoms with Gasteiger partial charge >= 0.3 is 6.09 Å². The molecule has 336 valence electrons. The number of oxime groups is 1. The van der Waals surface area contributed by atoms with Crippen molar-refractivity contribution in [3.8, 4) is 11.5 Å². The Morgan fingerprint density at radius 3 is 2.53 bits per heavy atom.